The molecule has 234 valence electrons. The van der Waals surface area contributed by atoms with E-state index < -0.39 is 11.9 Å². The van der Waals surface area contributed by atoms with Crippen molar-refractivity contribution in [2.45, 2.75) is 105 Å². The van der Waals surface area contributed by atoms with Crippen LogP contribution in [0.4, 0.5) is 0 Å². The zero-order valence-electron chi connectivity index (χ0n) is 26.2. The molecule has 0 saturated carbocycles. The number of amides is 2. The predicted molar refractivity (Wildman–Crippen MR) is 165 cm³/mol. The minimum absolute atomic E-state index is 0.0237. The van der Waals surface area contributed by atoms with Crippen molar-refractivity contribution >= 4 is 35.5 Å². The summed E-state index contributed by atoms with van der Waals surface area (Å²) in [5.74, 6) is -1.38. The molecule has 43 heavy (non-hydrogen) atoms. The number of carbonyl (C=O) groups excluding carboxylic acids is 2. The molecule has 2 saturated heterocycles. The summed E-state index contributed by atoms with van der Waals surface area (Å²) in [7, 11) is 0. The average molecular weight is 595 g/mol. The van der Waals surface area contributed by atoms with Crippen molar-refractivity contribution < 1.29 is 29.4 Å². The van der Waals surface area contributed by atoms with Crippen LogP contribution in [0.2, 0.25) is 0 Å². The number of carboxylic acid groups (broad SMARTS) is 2. The highest BCUT2D eigenvalue weighted by molar-refractivity contribution is 6.06. The van der Waals surface area contributed by atoms with Gasteiger partial charge in [0.05, 0.1) is 5.70 Å². The number of hydrogen-bond donors (Lipinski definition) is 5. The first-order valence-electron chi connectivity index (χ1n) is 15.6. The van der Waals surface area contributed by atoms with Crippen molar-refractivity contribution in [1.82, 2.24) is 15.6 Å². The standard InChI is InChI=1S/C33H46N4O6/c1-7-20-19(6)32(42)37-27(20)14-25-18(5)23(10-12-31(40)41)29(35-25)15-28-22(9-11-30(38)39)17(4)24(34-28)13-26-16(3)21(8-2)33(43)36-26/h15-16,19-21,26-27,34H,7-14H2,1-6H3,(H,36,43)(H,37,42)(H,38,39)(H,40,41)/t16-,19+,20-,21-,26+,27-/m0/s1. The van der Waals surface area contributed by atoms with E-state index in [9.17, 15) is 29.4 Å². The predicted octanol–water partition coefficient (Wildman–Crippen LogP) is 4.57. The second-order valence-corrected chi connectivity index (χ2v) is 12.5. The van der Waals surface area contributed by atoms with Gasteiger partial charge < -0.3 is 25.8 Å². The Bertz CT molecular complexity index is 1390. The smallest absolute Gasteiger partial charge is 0.303 e. The Morgan fingerprint density at radius 3 is 2.16 bits per heavy atom. The quantitative estimate of drug-likeness (QED) is 0.225. The Morgan fingerprint density at radius 2 is 1.56 bits per heavy atom. The molecular formula is C33H46N4O6. The Kier molecular flexibility index (Phi) is 9.97. The summed E-state index contributed by atoms with van der Waals surface area (Å²) in [6.45, 7) is 12.1. The average Bonchev–Trinajstić information content (AvgIpc) is 3.59. The third-order valence-electron chi connectivity index (χ3n) is 10.0. The Morgan fingerprint density at radius 1 is 0.907 bits per heavy atom. The SMILES string of the molecule is CC[C@@H]1[C@H](CC2=NC(=Cc3[nH]c(C[C@H]4NC(=O)[C@@H](CC)[C@@H]4C)c(C)c3CCC(=O)O)C(CCC(=O)O)=C2C)NC(=O)[C@@H]1C. The summed E-state index contributed by atoms with van der Waals surface area (Å²) < 4.78 is 0. The lowest BCUT2D eigenvalue weighted by Gasteiger charge is -2.19. The number of aliphatic imine (C=N–C) groups is 1. The van der Waals surface area contributed by atoms with Crippen LogP contribution in [0.15, 0.2) is 21.8 Å². The van der Waals surface area contributed by atoms with Crippen molar-refractivity contribution in [1.29, 1.82) is 0 Å². The fourth-order valence-corrected chi connectivity index (χ4v) is 7.23. The Labute approximate surface area is 253 Å². The number of carbonyl (C=O) groups is 4. The van der Waals surface area contributed by atoms with E-state index in [0.717, 1.165) is 52.2 Å². The van der Waals surface area contributed by atoms with Gasteiger partial charge in [-0.15, -0.1) is 0 Å². The van der Waals surface area contributed by atoms with Gasteiger partial charge in [-0.05, 0) is 73.3 Å². The minimum Gasteiger partial charge on any atom is -0.481 e. The second kappa shape index (κ2) is 13.3. The normalized spacial score (nSPS) is 28.0. The van der Waals surface area contributed by atoms with Crippen LogP contribution in [-0.4, -0.2) is 56.7 Å². The molecule has 10 nitrogen and oxygen atoms in total. The van der Waals surface area contributed by atoms with E-state index in [2.05, 4.69) is 29.5 Å². The van der Waals surface area contributed by atoms with Crippen LogP contribution in [0.1, 0.15) is 95.7 Å². The summed E-state index contributed by atoms with van der Waals surface area (Å²) in [5, 5.41) is 25.2. The molecular weight excluding hydrogens is 548 g/mol. The van der Waals surface area contributed by atoms with Gasteiger partial charge in [-0.3, -0.25) is 24.2 Å². The maximum absolute atomic E-state index is 12.5. The topological polar surface area (TPSA) is 161 Å². The van der Waals surface area contributed by atoms with E-state index in [-0.39, 0.29) is 60.4 Å². The van der Waals surface area contributed by atoms with E-state index >= 15 is 0 Å². The van der Waals surface area contributed by atoms with Crippen LogP contribution in [0, 0.1) is 30.6 Å². The van der Waals surface area contributed by atoms with Crippen molar-refractivity contribution in [2.75, 3.05) is 0 Å². The summed E-state index contributed by atoms with van der Waals surface area (Å²) in [4.78, 5) is 56.5. The number of nitrogens with one attached hydrogen (secondary N) is 3. The first-order chi connectivity index (χ1) is 20.4. The first-order valence-corrected chi connectivity index (χ1v) is 15.6. The van der Waals surface area contributed by atoms with E-state index in [4.69, 9.17) is 4.99 Å². The fourth-order valence-electron chi connectivity index (χ4n) is 7.23. The van der Waals surface area contributed by atoms with Gasteiger partial charge in [-0.2, -0.15) is 0 Å². The van der Waals surface area contributed by atoms with E-state index in [0.29, 0.717) is 31.4 Å². The van der Waals surface area contributed by atoms with Crippen molar-refractivity contribution in [3.8, 4) is 0 Å². The number of allylic oxidation sites excluding steroid dienone is 2. The molecule has 0 aliphatic carbocycles. The maximum atomic E-state index is 12.5. The van der Waals surface area contributed by atoms with Crippen molar-refractivity contribution in [3.05, 3.63) is 39.4 Å². The van der Waals surface area contributed by atoms with Gasteiger partial charge in [0.2, 0.25) is 11.8 Å². The third-order valence-corrected chi connectivity index (χ3v) is 10.0. The number of hydrogen-bond acceptors (Lipinski definition) is 5. The summed E-state index contributed by atoms with van der Waals surface area (Å²) in [6, 6.07) is -0.0650. The molecule has 6 atom stereocenters. The molecule has 3 aliphatic rings. The van der Waals surface area contributed by atoms with Crippen LogP contribution in [0.25, 0.3) is 6.08 Å². The van der Waals surface area contributed by atoms with E-state index in [1.54, 1.807) is 0 Å². The third kappa shape index (κ3) is 6.78. The van der Waals surface area contributed by atoms with Crippen molar-refractivity contribution in [2.24, 2.45) is 28.7 Å². The molecule has 0 radical (unpaired) electrons. The number of rotatable bonds is 13. The van der Waals surface area contributed by atoms with Crippen LogP contribution in [-0.2, 0) is 32.0 Å². The van der Waals surface area contributed by atoms with Gasteiger partial charge in [0, 0.05) is 66.7 Å². The van der Waals surface area contributed by atoms with Gasteiger partial charge in [0.25, 0.3) is 0 Å². The highest BCUT2D eigenvalue weighted by Crippen LogP contribution is 2.37. The molecule has 10 heteroatoms. The number of H-pyrrole nitrogens is 1. The molecule has 0 unspecified atom stereocenters. The molecule has 1 aromatic heterocycles. The Balaban J connectivity index is 1.71. The van der Waals surface area contributed by atoms with Crippen molar-refractivity contribution in [3.63, 3.8) is 0 Å². The number of aromatic nitrogens is 1. The monoisotopic (exact) mass is 594 g/mol. The zero-order chi connectivity index (χ0) is 31.6. The molecule has 2 fully saturated rings. The fraction of sp³-hybridized carbons (Fsp3) is 0.606. The molecule has 4 rings (SSSR count). The molecule has 3 aliphatic heterocycles. The molecule has 0 bridgehead atoms. The molecule has 2 amide bonds. The van der Waals surface area contributed by atoms with Crippen LogP contribution < -0.4 is 10.6 Å². The van der Waals surface area contributed by atoms with Gasteiger partial charge in [-0.1, -0.05) is 34.1 Å². The van der Waals surface area contributed by atoms with Gasteiger partial charge in [0.15, 0.2) is 0 Å². The summed E-state index contributed by atoms with van der Waals surface area (Å²) >= 11 is 0. The Hall–Kier alpha value is -3.69. The second-order valence-electron chi connectivity index (χ2n) is 12.5. The highest BCUT2D eigenvalue weighted by Gasteiger charge is 2.40. The van der Waals surface area contributed by atoms with Gasteiger partial charge >= 0.3 is 11.9 Å². The largest absolute Gasteiger partial charge is 0.481 e. The lowest BCUT2D eigenvalue weighted by Crippen LogP contribution is -2.31. The van der Waals surface area contributed by atoms with Gasteiger partial charge in [-0.25, -0.2) is 0 Å². The minimum atomic E-state index is -0.894. The number of aliphatic carboxylic acids is 2. The molecule has 4 heterocycles. The summed E-state index contributed by atoms with van der Waals surface area (Å²) in [5.41, 5.74) is 6.85. The van der Waals surface area contributed by atoms with Crippen LogP contribution in [0.3, 0.4) is 0 Å². The van der Waals surface area contributed by atoms with Gasteiger partial charge in [0.1, 0.15) is 0 Å². The highest BCUT2D eigenvalue weighted by atomic mass is 16.4. The van der Waals surface area contributed by atoms with E-state index in [1.165, 1.54) is 0 Å². The molecule has 1 aromatic rings. The molecule has 0 aromatic carbocycles. The summed E-state index contributed by atoms with van der Waals surface area (Å²) in [6.07, 6.45) is 5.30. The molecule has 0 spiro atoms. The van der Waals surface area contributed by atoms with E-state index in [1.807, 2.05) is 33.8 Å². The number of aromatic amines is 1. The number of nitrogens with zero attached hydrogens (tertiary/aromatic N) is 1. The first kappa shape index (κ1) is 32.2. The lowest BCUT2D eigenvalue weighted by atomic mass is 9.86. The number of carboxylic acids is 2. The molecule has 5 N–H and O–H groups in total. The van der Waals surface area contributed by atoms with Crippen LogP contribution >= 0.6 is 0 Å². The van der Waals surface area contributed by atoms with Crippen LogP contribution in [0.5, 0.6) is 0 Å². The zero-order valence-corrected chi connectivity index (χ0v) is 26.2. The maximum Gasteiger partial charge on any atom is 0.303 e. The lowest BCUT2D eigenvalue weighted by molar-refractivity contribution is -0.138.